The molecule has 2 heterocycles. The van der Waals surface area contributed by atoms with Gasteiger partial charge in [0.1, 0.15) is 0 Å². The number of fused-ring (bicyclic) bond motifs is 1. The predicted molar refractivity (Wildman–Crippen MR) is 90.9 cm³/mol. The second-order valence-electron chi connectivity index (χ2n) is 5.99. The Morgan fingerprint density at radius 2 is 2.21 bits per heavy atom. The molecule has 3 rings (SSSR count). The molecule has 1 fully saturated rings. The Balaban J connectivity index is 1.66. The van der Waals surface area contributed by atoms with Crippen LogP contribution in [0.4, 0.5) is 0 Å². The molecule has 1 unspecified atom stereocenters. The quantitative estimate of drug-likeness (QED) is 0.866. The van der Waals surface area contributed by atoms with E-state index in [1.165, 1.54) is 11.3 Å². The van der Waals surface area contributed by atoms with Crippen LogP contribution >= 0.6 is 11.3 Å². The fourth-order valence-electron chi connectivity index (χ4n) is 2.71. The summed E-state index contributed by atoms with van der Waals surface area (Å²) in [6, 6.07) is 6.68. The van der Waals surface area contributed by atoms with Gasteiger partial charge >= 0.3 is 5.97 Å². The third-order valence-corrected chi connectivity index (χ3v) is 5.14. The lowest BCUT2D eigenvalue weighted by atomic mass is 10.0. The Labute approximate surface area is 143 Å². The minimum atomic E-state index is -0.993. The standard InChI is InChI=1S/C17H19NO5S/c1-17(10-22-7-8-23-17)5-6-18-15(19)14-9-12-11(16(20)21)3-2-4-13(12)24-14/h2-4,9H,5-8,10H2,1H3,(H,18,19)(H,20,21). The van der Waals surface area contributed by atoms with Crippen LogP contribution in [-0.2, 0) is 9.47 Å². The molecular formula is C17H19NO5S. The number of rotatable bonds is 5. The summed E-state index contributed by atoms with van der Waals surface area (Å²) in [7, 11) is 0. The van der Waals surface area contributed by atoms with E-state index in [0.717, 1.165) is 4.70 Å². The number of thiophene rings is 1. The maximum absolute atomic E-state index is 12.3. The number of aromatic carboxylic acids is 1. The number of benzene rings is 1. The zero-order chi connectivity index (χ0) is 17.2. The molecule has 6 nitrogen and oxygen atoms in total. The molecule has 0 spiro atoms. The van der Waals surface area contributed by atoms with Gasteiger partial charge in [0.25, 0.3) is 5.91 Å². The highest BCUT2D eigenvalue weighted by Gasteiger charge is 2.28. The monoisotopic (exact) mass is 349 g/mol. The number of carboxylic acid groups (broad SMARTS) is 1. The van der Waals surface area contributed by atoms with Crippen LogP contribution in [0.1, 0.15) is 33.4 Å². The smallest absolute Gasteiger partial charge is 0.336 e. The SMILES string of the molecule is CC1(CCNC(=O)c2cc3c(C(=O)O)cccc3s2)COCCO1. The van der Waals surface area contributed by atoms with E-state index >= 15 is 0 Å². The van der Waals surface area contributed by atoms with Gasteiger partial charge in [-0.2, -0.15) is 0 Å². The van der Waals surface area contributed by atoms with E-state index < -0.39 is 5.97 Å². The van der Waals surface area contributed by atoms with Crippen molar-refractivity contribution < 1.29 is 24.2 Å². The highest BCUT2D eigenvalue weighted by atomic mass is 32.1. The summed E-state index contributed by atoms with van der Waals surface area (Å²) >= 11 is 1.29. The fraction of sp³-hybridized carbons (Fsp3) is 0.412. The summed E-state index contributed by atoms with van der Waals surface area (Å²) in [5.74, 6) is -1.19. The van der Waals surface area contributed by atoms with Crippen molar-refractivity contribution in [2.24, 2.45) is 0 Å². The lowest BCUT2D eigenvalue weighted by molar-refractivity contribution is -0.149. The first kappa shape index (κ1) is 16.9. The summed E-state index contributed by atoms with van der Waals surface area (Å²) in [6.45, 7) is 4.14. The first-order valence-corrected chi connectivity index (χ1v) is 8.56. The largest absolute Gasteiger partial charge is 0.478 e. The minimum absolute atomic E-state index is 0.201. The molecule has 128 valence electrons. The number of carbonyl (C=O) groups is 2. The second kappa shape index (κ2) is 6.88. The number of amides is 1. The maximum Gasteiger partial charge on any atom is 0.336 e. The van der Waals surface area contributed by atoms with Crippen LogP contribution in [0.3, 0.4) is 0 Å². The van der Waals surface area contributed by atoms with Crippen LogP contribution in [0.5, 0.6) is 0 Å². The third kappa shape index (κ3) is 3.58. The Hall–Kier alpha value is -1.96. The summed E-state index contributed by atoms with van der Waals surface area (Å²) in [5.41, 5.74) is -0.162. The first-order chi connectivity index (χ1) is 11.5. The Morgan fingerprint density at radius 3 is 2.92 bits per heavy atom. The summed E-state index contributed by atoms with van der Waals surface area (Å²) in [4.78, 5) is 24.1. The van der Waals surface area contributed by atoms with Crippen molar-refractivity contribution in [2.75, 3.05) is 26.4 Å². The molecule has 24 heavy (non-hydrogen) atoms. The lowest BCUT2D eigenvalue weighted by Crippen LogP contribution is -2.43. The summed E-state index contributed by atoms with van der Waals surface area (Å²) in [5, 5.41) is 12.7. The normalized spacial score (nSPS) is 20.9. The van der Waals surface area contributed by atoms with Crippen LogP contribution < -0.4 is 5.32 Å². The molecule has 7 heteroatoms. The molecule has 1 amide bonds. The zero-order valence-corrected chi connectivity index (χ0v) is 14.1. The summed E-state index contributed by atoms with van der Waals surface area (Å²) < 4.78 is 11.9. The van der Waals surface area contributed by atoms with Crippen molar-refractivity contribution in [1.82, 2.24) is 5.32 Å². The number of ether oxygens (including phenoxy) is 2. The fourth-order valence-corrected chi connectivity index (χ4v) is 3.71. The molecule has 1 saturated heterocycles. The van der Waals surface area contributed by atoms with E-state index in [4.69, 9.17) is 9.47 Å². The topological polar surface area (TPSA) is 84.9 Å². The molecule has 1 aromatic carbocycles. The predicted octanol–water partition coefficient (Wildman–Crippen LogP) is 2.52. The average Bonchev–Trinajstić information content (AvgIpc) is 2.99. The highest BCUT2D eigenvalue weighted by Crippen LogP contribution is 2.28. The van der Waals surface area contributed by atoms with Crippen LogP contribution in [0.2, 0.25) is 0 Å². The van der Waals surface area contributed by atoms with E-state index in [0.29, 0.717) is 43.0 Å². The molecule has 1 atom stereocenters. The minimum Gasteiger partial charge on any atom is -0.478 e. The van der Waals surface area contributed by atoms with Crippen molar-refractivity contribution >= 4 is 33.3 Å². The van der Waals surface area contributed by atoms with Gasteiger partial charge < -0.3 is 19.9 Å². The molecule has 1 aromatic heterocycles. The van der Waals surface area contributed by atoms with Crippen molar-refractivity contribution in [2.45, 2.75) is 18.9 Å². The number of nitrogens with one attached hydrogen (secondary N) is 1. The van der Waals surface area contributed by atoms with Gasteiger partial charge in [-0.1, -0.05) is 6.07 Å². The van der Waals surface area contributed by atoms with E-state index in [-0.39, 0.29) is 17.1 Å². The van der Waals surface area contributed by atoms with Crippen molar-refractivity contribution in [3.8, 4) is 0 Å². The van der Waals surface area contributed by atoms with Gasteiger partial charge in [-0.3, -0.25) is 4.79 Å². The molecule has 2 N–H and O–H groups in total. The number of hydrogen-bond donors (Lipinski definition) is 2. The molecule has 0 bridgehead atoms. The highest BCUT2D eigenvalue weighted by molar-refractivity contribution is 7.20. The maximum atomic E-state index is 12.3. The van der Waals surface area contributed by atoms with Crippen LogP contribution in [0.25, 0.3) is 10.1 Å². The van der Waals surface area contributed by atoms with Gasteiger partial charge in [-0.05, 0) is 31.5 Å². The zero-order valence-electron chi connectivity index (χ0n) is 13.3. The first-order valence-electron chi connectivity index (χ1n) is 7.74. The van der Waals surface area contributed by atoms with Gasteiger partial charge in [0.2, 0.25) is 0 Å². The van der Waals surface area contributed by atoms with Gasteiger partial charge in [-0.15, -0.1) is 11.3 Å². The van der Waals surface area contributed by atoms with E-state index in [2.05, 4.69) is 5.32 Å². The van der Waals surface area contributed by atoms with Crippen molar-refractivity contribution in [3.63, 3.8) is 0 Å². The molecule has 2 aromatic rings. The third-order valence-electron chi connectivity index (χ3n) is 4.04. The van der Waals surface area contributed by atoms with E-state index in [1.54, 1.807) is 18.2 Å². The number of carboxylic acids is 1. The second-order valence-corrected chi connectivity index (χ2v) is 7.07. The van der Waals surface area contributed by atoms with Crippen LogP contribution in [-0.4, -0.2) is 48.9 Å². The Kier molecular flexibility index (Phi) is 4.84. The van der Waals surface area contributed by atoms with Crippen molar-refractivity contribution in [3.05, 3.63) is 34.7 Å². The van der Waals surface area contributed by atoms with E-state index in [1.807, 2.05) is 13.0 Å². The van der Waals surface area contributed by atoms with E-state index in [9.17, 15) is 14.7 Å². The molecule has 0 radical (unpaired) electrons. The molecule has 1 aliphatic rings. The summed E-state index contributed by atoms with van der Waals surface area (Å²) in [6.07, 6.45) is 0.657. The Bertz CT molecular complexity index is 763. The van der Waals surface area contributed by atoms with Gasteiger partial charge in [-0.25, -0.2) is 4.79 Å². The van der Waals surface area contributed by atoms with Gasteiger partial charge in [0.05, 0.1) is 35.9 Å². The van der Waals surface area contributed by atoms with Crippen LogP contribution in [0.15, 0.2) is 24.3 Å². The molecule has 1 aliphatic heterocycles. The number of hydrogen-bond acceptors (Lipinski definition) is 5. The molecule has 0 aliphatic carbocycles. The number of carbonyl (C=O) groups excluding carboxylic acids is 1. The van der Waals surface area contributed by atoms with Crippen LogP contribution in [0, 0.1) is 0 Å². The molecular weight excluding hydrogens is 330 g/mol. The van der Waals surface area contributed by atoms with Gasteiger partial charge in [0.15, 0.2) is 0 Å². The Morgan fingerprint density at radius 1 is 1.38 bits per heavy atom. The molecule has 0 saturated carbocycles. The average molecular weight is 349 g/mol. The van der Waals surface area contributed by atoms with Gasteiger partial charge in [0, 0.05) is 16.6 Å². The van der Waals surface area contributed by atoms with Crippen molar-refractivity contribution in [1.29, 1.82) is 0 Å². The lowest BCUT2D eigenvalue weighted by Gasteiger charge is -2.33.